The molecular formula is C18H18F2N4O2. The van der Waals surface area contributed by atoms with Gasteiger partial charge in [-0.05, 0) is 37.6 Å². The highest BCUT2D eigenvalue weighted by molar-refractivity contribution is 5.94. The minimum Gasteiger partial charge on any atom is -0.346 e. The molecule has 0 saturated carbocycles. The minimum atomic E-state index is -1.02. The lowest BCUT2D eigenvalue weighted by atomic mass is 10.1. The third kappa shape index (κ3) is 3.49. The van der Waals surface area contributed by atoms with Crippen LogP contribution >= 0.6 is 0 Å². The molecule has 0 fully saturated rings. The predicted molar refractivity (Wildman–Crippen MR) is 91.3 cm³/mol. The number of aryl methyl sites for hydroxylation is 1. The second-order valence-corrected chi connectivity index (χ2v) is 6.17. The molecule has 136 valence electrons. The van der Waals surface area contributed by atoms with Crippen LogP contribution in [0.4, 0.5) is 19.3 Å². The Morgan fingerprint density at radius 3 is 2.88 bits per heavy atom. The molecule has 8 heteroatoms. The first-order chi connectivity index (χ1) is 12.4. The molecule has 1 aromatic carbocycles. The smallest absolute Gasteiger partial charge is 0.322 e. The van der Waals surface area contributed by atoms with Crippen molar-refractivity contribution in [3.63, 3.8) is 0 Å². The highest BCUT2D eigenvalue weighted by Gasteiger charge is 2.28. The normalized spacial score (nSPS) is 14.5. The summed E-state index contributed by atoms with van der Waals surface area (Å²) in [5, 5.41) is 5.23. The maximum atomic E-state index is 13.9. The summed E-state index contributed by atoms with van der Waals surface area (Å²) < 4.78 is 27.3. The third-order valence-corrected chi connectivity index (χ3v) is 4.25. The Labute approximate surface area is 149 Å². The average Bonchev–Trinajstić information content (AvgIpc) is 2.60. The molecule has 0 aliphatic carbocycles. The zero-order chi connectivity index (χ0) is 18.8. The van der Waals surface area contributed by atoms with E-state index in [9.17, 15) is 18.4 Å². The molecule has 26 heavy (non-hydrogen) atoms. The maximum absolute atomic E-state index is 13.9. The number of amides is 3. The van der Waals surface area contributed by atoms with Gasteiger partial charge < -0.3 is 15.5 Å². The highest BCUT2D eigenvalue weighted by Crippen LogP contribution is 2.27. The van der Waals surface area contributed by atoms with Crippen molar-refractivity contribution in [1.82, 2.24) is 15.2 Å². The lowest BCUT2D eigenvalue weighted by molar-refractivity contribution is -0.122. The largest absolute Gasteiger partial charge is 0.346 e. The summed E-state index contributed by atoms with van der Waals surface area (Å²) in [6, 6.07) is 5.05. The van der Waals surface area contributed by atoms with Crippen molar-refractivity contribution in [1.29, 1.82) is 0 Å². The Morgan fingerprint density at radius 2 is 2.15 bits per heavy atom. The molecule has 0 unspecified atom stereocenters. The maximum Gasteiger partial charge on any atom is 0.322 e. The van der Waals surface area contributed by atoms with E-state index >= 15 is 0 Å². The summed E-state index contributed by atoms with van der Waals surface area (Å²) in [6.07, 6.45) is 1.64. The number of nitrogens with zero attached hydrogens (tertiary/aromatic N) is 2. The number of aromatic nitrogens is 1. The molecule has 1 atom stereocenters. The van der Waals surface area contributed by atoms with Crippen LogP contribution in [0.3, 0.4) is 0 Å². The van der Waals surface area contributed by atoms with Gasteiger partial charge in [-0.3, -0.25) is 9.78 Å². The van der Waals surface area contributed by atoms with Gasteiger partial charge in [-0.2, -0.15) is 0 Å². The fourth-order valence-electron chi connectivity index (χ4n) is 2.93. The minimum absolute atomic E-state index is 0.0195. The van der Waals surface area contributed by atoms with Crippen LogP contribution in [0, 0.1) is 18.6 Å². The van der Waals surface area contributed by atoms with Gasteiger partial charge in [0.1, 0.15) is 6.54 Å². The van der Waals surface area contributed by atoms with E-state index in [0.717, 1.165) is 22.2 Å². The monoisotopic (exact) mass is 360 g/mol. The van der Waals surface area contributed by atoms with E-state index in [1.165, 1.54) is 6.07 Å². The number of benzene rings is 1. The van der Waals surface area contributed by atoms with Crippen molar-refractivity contribution in [3.05, 3.63) is 58.9 Å². The predicted octanol–water partition coefficient (Wildman–Crippen LogP) is 2.89. The van der Waals surface area contributed by atoms with E-state index in [1.54, 1.807) is 19.2 Å². The van der Waals surface area contributed by atoms with Gasteiger partial charge in [0.25, 0.3) is 0 Å². The summed E-state index contributed by atoms with van der Waals surface area (Å²) >= 11 is 0. The van der Waals surface area contributed by atoms with Crippen LogP contribution in [0.1, 0.15) is 29.8 Å². The molecule has 3 amide bonds. The Bertz CT molecular complexity index is 872. The summed E-state index contributed by atoms with van der Waals surface area (Å²) in [6.45, 7) is 3.21. The molecule has 6 nitrogen and oxygen atoms in total. The Balaban J connectivity index is 1.69. The summed E-state index contributed by atoms with van der Waals surface area (Å²) in [5.41, 5.74) is 1.89. The van der Waals surface area contributed by atoms with Gasteiger partial charge in [0, 0.05) is 11.8 Å². The molecule has 1 aromatic heterocycles. The van der Waals surface area contributed by atoms with E-state index in [2.05, 4.69) is 15.6 Å². The summed E-state index contributed by atoms with van der Waals surface area (Å²) in [7, 11) is 0. The number of carbonyl (C=O) groups is 2. The number of fused-ring (bicyclic) bond motifs is 1. The number of nitrogens with one attached hydrogen (secondary N) is 2. The Morgan fingerprint density at radius 1 is 1.38 bits per heavy atom. The number of urea groups is 1. The first kappa shape index (κ1) is 17.8. The summed E-state index contributed by atoms with van der Waals surface area (Å²) in [5.74, 6) is -2.44. The van der Waals surface area contributed by atoms with Crippen molar-refractivity contribution in [2.24, 2.45) is 0 Å². The molecule has 3 rings (SSSR count). The van der Waals surface area contributed by atoms with E-state index < -0.39 is 23.6 Å². The number of pyridine rings is 1. The van der Waals surface area contributed by atoms with Crippen LogP contribution in [0.25, 0.3) is 0 Å². The van der Waals surface area contributed by atoms with E-state index in [1.807, 2.05) is 13.0 Å². The van der Waals surface area contributed by atoms with Gasteiger partial charge >= 0.3 is 6.03 Å². The van der Waals surface area contributed by atoms with Crippen molar-refractivity contribution >= 4 is 17.6 Å². The quantitative estimate of drug-likeness (QED) is 0.880. The van der Waals surface area contributed by atoms with E-state index in [0.29, 0.717) is 0 Å². The molecule has 1 aliphatic heterocycles. The molecular weight excluding hydrogens is 342 g/mol. The fourth-order valence-corrected chi connectivity index (χ4v) is 2.93. The van der Waals surface area contributed by atoms with Gasteiger partial charge in [0.05, 0.1) is 24.0 Å². The van der Waals surface area contributed by atoms with E-state index in [4.69, 9.17) is 0 Å². The molecule has 0 spiro atoms. The fraction of sp³-hybridized carbons (Fsp3) is 0.278. The molecule has 2 heterocycles. The number of hydrogen-bond donors (Lipinski definition) is 2. The Kier molecular flexibility index (Phi) is 4.83. The number of carbonyl (C=O) groups excluding carboxylic acids is 2. The Hall–Kier alpha value is -3.03. The van der Waals surface area contributed by atoms with Gasteiger partial charge in [-0.25, -0.2) is 13.6 Å². The molecule has 2 aromatic rings. The topological polar surface area (TPSA) is 74.3 Å². The number of halogens is 2. The van der Waals surface area contributed by atoms with Gasteiger partial charge in [0.2, 0.25) is 5.91 Å². The van der Waals surface area contributed by atoms with Crippen LogP contribution in [-0.4, -0.2) is 28.4 Å². The van der Waals surface area contributed by atoms with Crippen LogP contribution in [0.2, 0.25) is 0 Å². The molecule has 0 bridgehead atoms. The lowest BCUT2D eigenvalue weighted by Crippen LogP contribution is -2.45. The van der Waals surface area contributed by atoms with Crippen molar-refractivity contribution in [2.75, 3.05) is 11.9 Å². The van der Waals surface area contributed by atoms with Crippen LogP contribution in [0.5, 0.6) is 0 Å². The second kappa shape index (κ2) is 7.07. The molecule has 0 radical (unpaired) electrons. The van der Waals surface area contributed by atoms with Crippen molar-refractivity contribution in [2.45, 2.75) is 26.4 Å². The number of rotatable bonds is 4. The first-order valence-corrected chi connectivity index (χ1v) is 8.10. The molecule has 2 N–H and O–H groups in total. The van der Waals surface area contributed by atoms with Gasteiger partial charge in [-0.15, -0.1) is 0 Å². The van der Waals surface area contributed by atoms with Crippen LogP contribution < -0.4 is 10.6 Å². The zero-order valence-electron chi connectivity index (χ0n) is 14.3. The van der Waals surface area contributed by atoms with Crippen LogP contribution in [-0.2, 0) is 11.3 Å². The standard InChI is InChI=1S/C18H18F2N4O2/c1-10-4-3-7-21-17(10)11(2)22-15(25)9-24-8-12-14(23-18(24)26)6-5-13(19)16(12)20/h3-7,11H,8-9H2,1-2H3,(H,22,25)(H,23,26)/t11-/m0/s1. The molecule has 1 aliphatic rings. The number of anilines is 1. The molecule has 0 saturated heterocycles. The third-order valence-electron chi connectivity index (χ3n) is 4.25. The highest BCUT2D eigenvalue weighted by atomic mass is 19.2. The lowest BCUT2D eigenvalue weighted by Gasteiger charge is -2.29. The number of hydrogen-bond acceptors (Lipinski definition) is 3. The van der Waals surface area contributed by atoms with E-state index in [-0.39, 0.29) is 30.4 Å². The zero-order valence-corrected chi connectivity index (χ0v) is 14.3. The van der Waals surface area contributed by atoms with Gasteiger partial charge in [0.15, 0.2) is 11.6 Å². The second-order valence-electron chi connectivity index (χ2n) is 6.17. The summed E-state index contributed by atoms with van der Waals surface area (Å²) in [4.78, 5) is 29.8. The van der Waals surface area contributed by atoms with Crippen LogP contribution in [0.15, 0.2) is 30.5 Å². The van der Waals surface area contributed by atoms with Gasteiger partial charge in [-0.1, -0.05) is 6.07 Å². The SMILES string of the molecule is Cc1cccnc1[C@H](C)NC(=O)CN1Cc2c(ccc(F)c2F)NC1=O. The average molecular weight is 360 g/mol. The first-order valence-electron chi connectivity index (χ1n) is 8.10. The van der Waals surface area contributed by atoms with Crippen molar-refractivity contribution in [3.8, 4) is 0 Å². The van der Waals surface area contributed by atoms with Crippen molar-refractivity contribution < 1.29 is 18.4 Å².